The van der Waals surface area contributed by atoms with Gasteiger partial charge in [0, 0.05) is 50.2 Å². The molecule has 6 nitrogen and oxygen atoms in total. The Morgan fingerprint density at radius 2 is 1.97 bits per heavy atom. The van der Waals surface area contributed by atoms with E-state index in [1.807, 2.05) is 36.8 Å². The maximum atomic E-state index is 5.76. The molecular weight excluding hydrogens is 408 g/mol. The molecule has 0 aliphatic rings. The topological polar surface area (TPSA) is 51.5 Å². The number of hydrogen-bond acceptors (Lipinski definition) is 4. The minimum atomic E-state index is 0.661. The van der Waals surface area contributed by atoms with E-state index in [0.717, 1.165) is 54.7 Å². The zero-order valence-electron chi connectivity index (χ0n) is 18.2. The van der Waals surface area contributed by atoms with Crippen LogP contribution in [-0.4, -0.2) is 46.9 Å². The average molecular weight is 439 g/mol. The predicted molar refractivity (Wildman–Crippen MR) is 128 cm³/mol. The molecule has 0 spiro atoms. The van der Waals surface area contributed by atoms with Crippen molar-refractivity contribution in [1.82, 2.24) is 19.8 Å². The van der Waals surface area contributed by atoms with Gasteiger partial charge in [-0.15, -0.1) is 0 Å². The first-order valence-electron chi connectivity index (χ1n) is 10.4. The third-order valence-electron chi connectivity index (χ3n) is 5.08. The minimum absolute atomic E-state index is 0.661. The highest BCUT2D eigenvalue weighted by atomic mass is 32.1. The summed E-state index contributed by atoms with van der Waals surface area (Å²) in [5.74, 6) is 1.57. The van der Waals surface area contributed by atoms with Gasteiger partial charge in [0.05, 0.1) is 20.5 Å². The number of benzene rings is 2. The highest BCUT2D eigenvalue weighted by Gasteiger charge is 2.14. The van der Waals surface area contributed by atoms with E-state index in [1.54, 1.807) is 20.4 Å². The Labute approximate surface area is 189 Å². The summed E-state index contributed by atoms with van der Waals surface area (Å²) >= 11 is 5.76. The van der Waals surface area contributed by atoms with Gasteiger partial charge in [0.25, 0.3) is 0 Å². The number of ether oxygens (including phenoxy) is 2. The summed E-state index contributed by atoms with van der Waals surface area (Å²) in [5, 5.41) is 4.18. The van der Waals surface area contributed by atoms with E-state index < -0.39 is 0 Å². The van der Waals surface area contributed by atoms with Gasteiger partial charge in [0.2, 0.25) is 0 Å². The van der Waals surface area contributed by atoms with Gasteiger partial charge in [0.1, 0.15) is 11.5 Å². The molecule has 1 heterocycles. The molecule has 0 fully saturated rings. The standard InChI is InChI=1S/C24H30N4O2S/c1-29-22-10-9-21(23(17-22)30-2)18-28(15-6-14-27-16-13-25-19-27)24(31)26-12-11-20-7-4-3-5-8-20/h3-5,7-10,13,16-17,19H,6,11-12,14-15,18H2,1-2H3,(H,26,31). The molecule has 31 heavy (non-hydrogen) atoms. The van der Waals surface area contributed by atoms with Crippen molar-refractivity contribution in [3.63, 3.8) is 0 Å². The molecule has 0 radical (unpaired) electrons. The lowest BCUT2D eigenvalue weighted by atomic mass is 10.1. The monoisotopic (exact) mass is 438 g/mol. The van der Waals surface area contributed by atoms with E-state index in [9.17, 15) is 0 Å². The first-order valence-corrected chi connectivity index (χ1v) is 10.8. The lowest BCUT2D eigenvalue weighted by Crippen LogP contribution is -2.41. The summed E-state index contributed by atoms with van der Waals surface area (Å²) in [6.07, 6.45) is 7.50. The van der Waals surface area contributed by atoms with Crippen molar-refractivity contribution in [3.8, 4) is 11.5 Å². The molecule has 0 unspecified atom stereocenters. The molecule has 164 valence electrons. The minimum Gasteiger partial charge on any atom is -0.497 e. The number of imidazole rings is 1. The SMILES string of the molecule is COc1ccc(CN(CCCn2ccnc2)C(=S)NCCc2ccccc2)c(OC)c1. The fourth-order valence-electron chi connectivity index (χ4n) is 3.37. The first-order chi connectivity index (χ1) is 15.2. The van der Waals surface area contributed by atoms with E-state index >= 15 is 0 Å². The van der Waals surface area contributed by atoms with Gasteiger partial charge in [-0.1, -0.05) is 30.3 Å². The highest BCUT2D eigenvalue weighted by Crippen LogP contribution is 2.26. The van der Waals surface area contributed by atoms with Crippen LogP contribution in [-0.2, 0) is 19.5 Å². The number of nitrogens with zero attached hydrogens (tertiary/aromatic N) is 3. The summed E-state index contributed by atoms with van der Waals surface area (Å²) in [6, 6.07) is 16.3. The van der Waals surface area contributed by atoms with Crippen molar-refractivity contribution in [1.29, 1.82) is 0 Å². The van der Waals surface area contributed by atoms with Crippen molar-refractivity contribution in [2.24, 2.45) is 0 Å². The summed E-state index contributed by atoms with van der Waals surface area (Å²) in [5.41, 5.74) is 2.36. The van der Waals surface area contributed by atoms with Crippen molar-refractivity contribution < 1.29 is 9.47 Å². The number of methoxy groups -OCH3 is 2. The molecular formula is C24H30N4O2S. The molecule has 0 aliphatic heterocycles. The summed E-state index contributed by atoms with van der Waals surface area (Å²) in [7, 11) is 3.33. The number of thiocarbonyl (C=S) groups is 1. The van der Waals surface area contributed by atoms with Crippen molar-refractivity contribution in [2.75, 3.05) is 27.3 Å². The third kappa shape index (κ3) is 7.00. The molecule has 1 aromatic heterocycles. The van der Waals surface area contributed by atoms with Crippen LogP contribution in [0.2, 0.25) is 0 Å². The number of hydrogen-bond donors (Lipinski definition) is 1. The van der Waals surface area contributed by atoms with Crippen LogP contribution in [0.25, 0.3) is 0 Å². The highest BCUT2D eigenvalue weighted by molar-refractivity contribution is 7.80. The smallest absolute Gasteiger partial charge is 0.169 e. The second-order valence-corrected chi connectivity index (χ2v) is 7.61. The maximum Gasteiger partial charge on any atom is 0.169 e. The van der Waals surface area contributed by atoms with Crippen LogP contribution in [0.1, 0.15) is 17.5 Å². The Bertz CT molecular complexity index is 932. The van der Waals surface area contributed by atoms with Crippen LogP contribution in [0.5, 0.6) is 11.5 Å². The van der Waals surface area contributed by atoms with Gasteiger partial charge < -0.3 is 24.3 Å². The van der Waals surface area contributed by atoms with Gasteiger partial charge in [-0.2, -0.15) is 0 Å². The van der Waals surface area contributed by atoms with Gasteiger partial charge >= 0.3 is 0 Å². The fourth-order valence-corrected chi connectivity index (χ4v) is 3.63. The molecule has 3 rings (SSSR count). The molecule has 1 N–H and O–H groups in total. The Kier molecular flexibility index (Phi) is 8.72. The molecule has 0 amide bonds. The van der Waals surface area contributed by atoms with Gasteiger partial charge in [-0.05, 0) is 42.8 Å². The molecule has 3 aromatic rings. The Balaban J connectivity index is 1.63. The number of aryl methyl sites for hydroxylation is 1. The zero-order valence-corrected chi connectivity index (χ0v) is 19.0. The first kappa shape index (κ1) is 22.6. The Morgan fingerprint density at radius 3 is 2.68 bits per heavy atom. The van der Waals surface area contributed by atoms with Gasteiger partial charge in [-0.3, -0.25) is 0 Å². The third-order valence-corrected chi connectivity index (χ3v) is 5.48. The number of aromatic nitrogens is 2. The quantitative estimate of drug-likeness (QED) is 0.458. The van der Waals surface area contributed by atoms with E-state index in [2.05, 4.69) is 44.0 Å². The van der Waals surface area contributed by atoms with Gasteiger partial charge in [0.15, 0.2) is 5.11 Å². The molecule has 0 aliphatic carbocycles. The molecule has 0 saturated heterocycles. The van der Waals surface area contributed by atoms with E-state index in [1.165, 1.54) is 5.56 Å². The zero-order chi connectivity index (χ0) is 21.9. The fraction of sp³-hybridized carbons (Fsp3) is 0.333. The molecule has 0 atom stereocenters. The van der Waals surface area contributed by atoms with Crippen LogP contribution in [0, 0.1) is 0 Å². The Morgan fingerprint density at radius 1 is 1.13 bits per heavy atom. The summed E-state index contributed by atoms with van der Waals surface area (Å²) in [6.45, 7) is 3.17. The van der Waals surface area contributed by atoms with Gasteiger partial charge in [-0.25, -0.2) is 4.98 Å². The van der Waals surface area contributed by atoms with Crippen molar-refractivity contribution in [2.45, 2.75) is 25.9 Å². The van der Waals surface area contributed by atoms with E-state index in [-0.39, 0.29) is 0 Å². The van der Waals surface area contributed by atoms with E-state index in [4.69, 9.17) is 21.7 Å². The predicted octanol–water partition coefficient (Wildman–Crippen LogP) is 3.91. The molecule has 0 bridgehead atoms. The Hall–Kier alpha value is -3.06. The van der Waals surface area contributed by atoms with Crippen LogP contribution >= 0.6 is 12.2 Å². The normalized spacial score (nSPS) is 10.5. The summed E-state index contributed by atoms with van der Waals surface area (Å²) < 4.78 is 13.0. The van der Waals surface area contributed by atoms with Crippen LogP contribution in [0.3, 0.4) is 0 Å². The second-order valence-electron chi connectivity index (χ2n) is 7.22. The lowest BCUT2D eigenvalue weighted by Gasteiger charge is -2.27. The maximum absolute atomic E-state index is 5.76. The van der Waals surface area contributed by atoms with Crippen molar-refractivity contribution in [3.05, 3.63) is 78.4 Å². The number of rotatable bonds is 11. The van der Waals surface area contributed by atoms with E-state index in [0.29, 0.717) is 6.54 Å². The average Bonchev–Trinajstić information content (AvgIpc) is 3.32. The van der Waals surface area contributed by atoms with Crippen LogP contribution < -0.4 is 14.8 Å². The van der Waals surface area contributed by atoms with Crippen molar-refractivity contribution >= 4 is 17.3 Å². The second kappa shape index (κ2) is 12.0. The van der Waals surface area contributed by atoms with Crippen LogP contribution in [0.15, 0.2) is 67.3 Å². The largest absolute Gasteiger partial charge is 0.497 e. The number of nitrogens with one attached hydrogen (secondary N) is 1. The summed E-state index contributed by atoms with van der Waals surface area (Å²) in [4.78, 5) is 6.31. The molecule has 0 saturated carbocycles. The molecule has 7 heteroatoms. The lowest BCUT2D eigenvalue weighted by molar-refractivity contribution is 0.361. The molecule has 2 aromatic carbocycles. The van der Waals surface area contributed by atoms with Crippen LogP contribution in [0.4, 0.5) is 0 Å².